The van der Waals surface area contributed by atoms with Crippen LogP contribution in [0.15, 0.2) is 12.2 Å². The molecule has 0 aromatic carbocycles. The average molecular weight is 250 g/mol. The van der Waals surface area contributed by atoms with E-state index in [2.05, 4.69) is 6.08 Å². The zero-order chi connectivity index (χ0) is 13.2. The minimum Gasteiger partial charge on any atom is -0.458 e. The molecule has 2 aliphatic carbocycles. The van der Waals surface area contributed by atoms with E-state index in [9.17, 15) is 9.59 Å². The minimum atomic E-state index is -0.437. The summed E-state index contributed by atoms with van der Waals surface area (Å²) >= 11 is 0. The highest BCUT2D eigenvalue weighted by atomic mass is 16.6. The Balaban J connectivity index is 1.86. The van der Waals surface area contributed by atoms with Gasteiger partial charge in [0.15, 0.2) is 0 Å². The van der Waals surface area contributed by atoms with E-state index in [1.807, 2.05) is 19.9 Å². The maximum atomic E-state index is 12.0. The number of fused-ring (bicyclic) bond motifs is 2. The summed E-state index contributed by atoms with van der Waals surface area (Å²) in [5.74, 6) is 0.243. The van der Waals surface area contributed by atoms with Crippen molar-refractivity contribution in [2.45, 2.75) is 58.0 Å². The summed E-state index contributed by atoms with van der Waals surface area (Å²) in [5.41, 5.74) is -0.437. The van der Waals surface area contributed by atoms with E-state index in [0.29, 0.717) is 6.42 Å². The Morgan fingerprint density at radius 3 is 2.94 bits per heavy atom. The molecule has 0 heterocycles. The molecule has 0 aromatic rings. The zero-order valence-corrected chi connectivity index (χ0v) is 11.3. The van der Waals surface area contributed by atoms with Gasteiger partial charge in [-0.15, -0.1) is 0 Å². The van der Waals surface area contributed by atoms with Crippen molar-refractivity contribution in [3.63, 3.8) is 0 Å². The fourth-order valence-corrected chi connectivity index (χ4v) is 3.06. The predicted molar refractivity (Wildman–Crippen MR) is 69.0 cm³/mol. The first kappa shape index (κ1) is 13.3. The Morgan fingerprint density at radius 1 is 1.61 bits per heavy atom. The third-order valence-electron chi connectivity index (χ3n) is 4.24. The van der Waals surface area contributed by atoms with E-state index in [0.717, 1.165) is 32.1 Å². The number of hydrogen-bond donors (Lipinski definition) is 0. The number of carbonyl (C=O) groups excluding carboxylic acids is 2. The van der Waals surface area contributed by atoms with Gasteiger partial charge in [0.1, 0.15) is 11.4 Å². The number of ketones is 1. The van der Waals surface area contributed by atoms with Crippen molar-refractivity contribution in [3.8, 4) is 0 Å². The Morgan fingerprint density at radius 2 is 2.39 bits per heavy atom. The maximum Gasteiger partial charge on any atom is 0.309 e. The van der Waals surface area contributed by atoms with Crippen molar-refractivity contribution in [1.29, 1.82) is 0 Å². The monoisotopic (exact) mass is 250 g/mol. The molecular formula is C15H22O3. The highest BCUT2D eigenvalue weighted by Crippen LogP contribution is 2.48. The Bertz CT molecular complexity index is 372. The molecule has 0 spiro atoms. The molecule has 0 aliphatic heterocycles. The van der Waals surface area contributed by atoms with Gasteiger partial charge in [-0.1, -0.05) is 19.1 Å². The summed E-state index contributed by atoms with van der Waals surface area (Å²) in [4.78, 5) is 23.6. The van der Waals surface area contributed by atoms with Gasteiger partial charge in [0, 0.05) is 12.3 Å². The molecule has 18 heavy (non-hydrogen) atoms. The highest BCUT2D eigenvalue weighted by molar-refractivity contribution is 5.86. The first-order chi connectivity index (χ1) is 8.56. The van der Waals surface area contributed by atoms with E-state index in [1.54, 1.807) is 0 Å². The molecule has 0 N–H and O–H groups in total. The number of carbonyl (C=O) groups is 2. The van der Waals surface area contributed by atoms with Gasteiger partial charge >= 0.3 is 5.97 Å². The van der Waals surface area contributed by atoms with E-state index < -0.39 is 5.60 Å². The molecule has 2 rings (SSSR count). The van der Waals surface area contributed by atoms with Crippen LogP contribution in [0.25, 0.3) is 0 Å². The molecule has 0 aromatic heterocycles. The van der Waals surface area contributed by atoms with Crippen LogP contribution in [-0.2, 0) is 14.3 Å². The second kappa shape index (κ2) is 5.25. The molecule has 3 heteroatoms. The molecule has 2 saturated carbocycles. The summed E-state index contributed by atoms with van der Waals surface area (Å²) in [6, 6.07) is 0. The molecule has 100 valence electrons. The average Bonchev–Trinajstić information content (AvgIpc) is 2.85. The molecule has 0 amide bonds. The second-order valence-corrected chi connectivity index (χ2v) is 5.73. The Hall–Kier alpha value is -1.12. The Labute approximate surface area is 109 Å². The van der Waals surface area contributed by atoms with Crippen LogP contribution in [0, 0.1) is 11.8 Å². The van der Waals surface area contributed by atoms with E-state index >= 15 is 0 Å². The first-order valence-corrected chi connectivity index (χ1v) is 6.93. The van der Waals surface area contributed by atoms with Crippen molar-refractivity contribution >= 4 is 11.8 Å². The zero-order valence-electron chi connectivity index (χ0n) is 11.3. The van der Waals surface area contributed by atoms with E-state index in [-0.39, 0.29) is 23.6 Å². The van der Waals surface area contributed by atoms with Gasteiger partial charge in [-0.3, -0.25) is 9.59 Å². The topological polar surface area (TPSA) is 43.4 Å². The predicted octanol–water partition coefficient (Wildman–Crippen LogP) is 3.03. The van der Waals surface area contributed by atoms with E-state index in [4.69, 9.17) is 4.74 Å². The van der Waals surface area contributed by atoms with Gasteiger partial charge < -0.3 is 4.74 Å². The lowest BCUT2D eigenvalue weighted by Crippen LogP contribution is -2.34. The first-order valence-electron chi connectivity index (χ1n) is 6.93. The van der Waals surface area contributed by atoms with Crippen LogP contribution >= 0.6 is 0 Å². The second-order valence-electron chi connectivity index (χ2n) is 5.73. The van der Waals surface area contributed by atoms with E-state index in [1.165, 1.54) is 0 Å². The molecule has 0 saturated heterocycles. The standard InChI is InChI=1S/C15H22O3/c1-3-4-5-6-11(2)14(17)18-15-8-7-12(9-15)13(16)10-15/h3-4,11-12H,5-10H2,1-2H3. The summed E-state index contributed by atoms with van der Waals surface area (Å²) in [5, 5.41) is 0. The minimum absolute atomic E-state index is 0.0784. The quantitative estimate of drug-likeness (QED) is 0.556. The van der Waals surface area contributed by atoms with Crippen molar-refractivity contribution in [2.75, 3.05) is 0 Å². The Kier molecular flexibility index (Phi) is 3.88. The lowest BCUT2D eigenvalue weighted by Gasteiger charge is -2.27. The van der Waals surface area contributed by atoms with Crippen LogP contribution in [0.3, 0.4) is 0 Å². The third kappa shape index (κ3) is 2.65. The number of hydrogen-bond acceptors (Lipinski definition) is 3. The number of allylic oxidation sites excluding steroid dienone is 2. The number of rotatable bonds is 5. The summed E-state index contributed by atoms with van der Waals surface area (Å²) < 4.78 is 5.67. The number of esters is 1. The van der Waals surface area contributed by atoms with Gasteiger partial charge in [0.25, 0.3) is 0 Å². The molecular weight excluding hydrogens is 228 g/mol. The SMILES string of the molecule is CC=CCCC(C)C(=O)OC12CCC(C1)C(=O)C2. The van der Waals surface area contributed by atoms with Crippen molar-refractivity contribution < 1.29 is 14.3 Å². The molecule has 3 unspecified atom stereocenters. The highest BCUT2D eigenvalue weighted by Gasteiger charge is 2.53. The smallest absolute Gasteiger partial charge is 0.309 e. The molecule has 3 atom stereocenters. The fourth-order valence-electron chi connectivity index (χ4n) is 3.06. The fraction of sp³-hybridized carbons (Fsp3) is 0.733. The molecule has 2 aliphatic rings. The molecule has 2 bridgehead atoms. The molecule has 0 radical (unpaired) electrons. The molecule has 2 fully saturated rings. The van der Waals surface area contributed by atoms with Gasteiger partial charge in [0.05, 0.1) is 5.92 Å². The van der Waals surface area contributed by atoms with Crippen LogP contribution < -0.4 is 0 Å². The third-order valence-corrected chi connectivity index (χ3v) is 4.24. The summed E-state index contributed by atoms with van der Waals surface area (Å²) in [6.07, 6.45) is 8.76. The van der Waals surface area contributed by atoms with Crippen LogP contribution in [0.2, 0.25) is 0 Å². The normalized spacial score (nSPS) is 32.1. The van der Waals surface area contributed by atoms with Crippen molar-refractivity contribution in [1.82, 2.24) is 0 Å². The van der Waals surface area contributed by atoms with Crippen molar-refractivity contribution in [2.24, 2.45) is 11.8 Å². The lowest BCUT2D eigenvalue weighted by molar-refractivity contribution is -0.163. The largest absolute Gasteiger partial charge is 0.458 e. The number of ether oxygens (including phenoxy) is 1. The van der Waals surface area contributed by atoms with Crippen molar-refractivity contribution in [3.05, 3.63) is 12.2 Å². The maximum absolute atomic E-state index is 12.0. The van der Waals surface area contributed by atoms with Crippen LogP contribution in [0.4, 0.5) is 0 Å². The van der Waals surface area contributed by atoms with Gasteiger partial charge in [-0.2, -0.15) is 0 Å². The van der Waals surface area contributed by atoms with Crippen LogP contribution in [0.5, 0.6) is 0 Å². The van der Waals surface area contributed by atoms with Crippen LogP contribution in [-0.4, -0.2) is 17.4 Å². The van der Waals surface area contributed by atoms with Gasteiger partial charge in [-0.25, -0.2) is 0 Å². The number of Topliss-reactive ketones (excluding diaryl/α,β-unsaturated/α-hetero) is 1. The van der Waals surface area contributed by atoms with Gasteiger partial charge in [-0.05, 0) is 39.0 Å². The summed E-state index contributed by atoms with van der Waals surface area (Å²) in [7, 11) is 0. The lowest BCUT2D eigenvalue weighted by atomic mass is 9.95. The molecule has 3 nitrogen and oxygen atoms in total. The van der Waals surface area contributed by atoms with Gasteiger partial charge in [0.2, 0.25) is 0 Å². The summed E-state index contributed by atoms with van der Waals surface area (Å²) in [6.45, 7) is 3.89. The van der Waals surface area contributed by atoms with Crippen LogP contribution in [0.1, 0.15) is 52.4 Å².